The molecule has 5 nitrogen and oxygen atoms in total. The summed E-state index contributed by atoms with van der Waals surface area (Å²) >= 11 is 0. The van der Waals surface area contributed by atoms with E-state index < -0.39 is 0 Å². The van der Waals surface area contributed by atoms with E-state index in [1.54, 1.807) is 0 Å². The van der Waals surface area contributed by atoms with Gasteiger partial charge in [0, 0.05) is 23.5 Å². The second kappa shape index (κ2) is 8.99. The van der Waals surface area contributed by atoms with Crippen LogP contribution >= 0.6 is 0 Å². The zero-order chi connectivity index (χ0) is 18.2. The number of nitrogens with one attached hydrogen (secondary N) is 1. The van der Waals surface area contributed by atoms with Crippen LogP contribution in [0, 0.1) is 0 Å². The fourth-order valence-corrected chi connectivity index (χ4v) is 2.63. The summed E-state index contributed by atoms with van der Waals surface area (Å²) in [5.41, 5.74) is 23.0. The summed E-state index contributed by atoms with van der Waals surface area (Å²) < 4.78 is 1.97. The number of rotatable bonds is 5. The topological polar surface area (TPSA) is 98.8 Å². The highest BCUT2D eigenvalue weighted by Crippen LogP contribution is 2.32. The second-order valence-corrected chi connectivity index (χ2v) is 6.01. The first-order valence-corrected chi connectivity index (χ1v) is 8.82. The fraction of sp³-hybridized carbons (Fsp3) is 0.300. The highest BCUT2D eigenvalue weighted by atomic mass is 15.3. The maximum absolute atomic E-state index is 6.06. The highest BCUT2D eigenvalue weighted by molar-refractivity contribution is 5.77. The van der Waals surface area contributed by atoms with Gasteiger partial charge in [-0.1, -0.05) is 51.3 Å². The van der Waals surface area contributed by atoms with E-state index >= 15 is 0 Å². The van der Waals surface area contributed by atoms with Gasteiger partial charge in [-0.25, -0.2) is 0 Å². The first kappa shape index (κ1) is 18.7. The fourth-order valence-electron chi connectivity index (χ4n) is 2.63. The van der Waals surface area contributed by atoms with E-state index in [0.29, 0.717) is 6.54 Å². The molecule has 0 aliphatic rings. The summed E-state index contributed by atoms with van der Waals surface area (Å²) in [6, 6.07) is 15.4. The largest absolute Gasteiger partial charge is 0.399 e. The van der Waals surface area contributed by atoms with Crippen LogP contribution in [-0.4, -0.2) is 9.78 Å². The Morgan fingerprint density at radius 3 is 2.08 bits per heavy atom. The van der Waals surface area contributed by atoms with Crippen molar-refractivity contribution in [3.8, 4) is 16.9 Å². The van der Waals surface area contributed by atoms with Crippen molar-refractivity contribution >= 4 is 11.4 Å². The molecule has 0 saturated heterocycles. The number of H-pyrrole nitrogens is 1. The van der Waals surface area contributed by atoms with Gasteiger partial charge in [0.1, 0.15) is 0 Å². The average molecular weight is 339 g/mol. The third-order valence-corrected chi connectivity index (χ3v) is 4.03. The summed E-state index contributed by atoms with van der Waals surface area (Å²) in [5, 5.41) is 3.23. The monoisotopic (exact) mass is 339 g/mol. The summed E-state index contributed by atoms with van der Waals surface area (Å²) in [5.74, 6) is 0. The Morgan fingerprint density at radius 1 is 0.920 bits per heavy atom. The van der Waals surface area contributed by atoms with Crippen molar-refractivity contribution in [3.63, 3.8) is 0 Å². The normalized spacial score (nSPS) is 10.4. The molecule has 0 aliphatic carbocycles. The van der Waals surface area contributed by atoms with E-state index in [-0.39, 0.29) is 0 Å². The lowest BCUT2D eigenvalue weighted by Crippen LogP contribution is -2.20. The molecule has 0 radical (unpaired) electrons. The van der Waals surface area contributed by atoms with E-state index in [0.717, 1.165) is 34.0 Å². The summed E-state index contributed by atoms with van der Waals surface area (Å²) in [6.45, 7) is 4.86. The van der Waals surface area contributed by atoms with Crippen molar-refractivity contribution in [2.45, 2.75) is 39.7 Å². The van der Waals surface area contributed by atoms with Crippen LogP contribution in [0.3, 0.4) is 0 Å². The molecule has 25 heavy (non-hydrogen) atoms. The smallest absolute Gasteiger partial charge is 0.0944 e. The van der Waals surface area contributed by atoms with Gasteiger partial charge in [0.15, 0.2) is 0 Å². The van der Waals surface area contributed by atoms with Crippen LogP contribution in [0.25, 0.3) is 16.9 Å². The van der Waals surface area contributed by atoms with Gasteiger partial charge in [-0.05, 0) is 30.3 Å². The molecule has 3 aromatic rings. The maximum atomic E-state index is 6.06. The molecule has 0 aliphatic heterocycles. The lowest BCUT2D eigenvalue weighted by Gasteiger charge is -2.24. The Balaban J connectivity index is 0.000000399. The molecule has 0 unspecified atom stereocenters. The van der Waals surface area contributed by atoms with E-state index in [4.69, 9.17) is 17.2 Å². The highest BCUT2D eigenvalue weighted by Gasteiger charge is 2.17. The molecule has 134 valence electrons. The van der Waals surface area contributed by atoms with Gasteiger partial charge in [0.05, 0.1) is 17.1 Å². The Labute approximate surface area is 149 Å². The molecule has 0 fully saturated rings. The van der Waals surface area contributed by atoms with Gasteiger partial charge in [-0.3, -0.25) is 9.78 Å². The number of nitrogens with two attached hydrogens (primary N) is 3. The third-order valence-electron chi connectivity index (χ3n) is 4.03. The molecule has 1 aromatic heterocycles. The molecular weight excluding hydrogens is 310 g/mol. The van der Waals surface area contributed by atoms with E-state index in [9.17, 15) is 0 Å². The Morgan fingerprint density at radius 2 is 1.56 bits per heavy atom. The molecule has 0 bridgehead atoms. The van der Waals surface area contributed by atoms with Crippen molar-refractivity contribution < 1.29 is 0 Å². The van der Waals surface area contributed by atoms with Gasteiger partial charge in [-0.2, -0.15) is 0 Å². The van der Waals surface area contributed by atoms with Gasteiger partial charge >= 0.3 is 0 Å². The lowest BCUT2D eigenvalue weighted by molar-refractivity contribution is 0.728. The number of aromatic nitrogens is 2. The Bertz CT molecular complexity index is 766. The van der Waals surface area contributed by atoms with Crippen LogP contribution in [0.1, 0.15) is 38.8 Å². The van der Waals surface area contributed by atoms with Gasteiger partial charge in [0.25, 0.3) is 0 Å². The van der Waals surface area contributed by atoms with Crippen LogP contribution in [0.15, 0.2) is 48.5 Å². The van der Waals surface area contributed by atoms with Crippen LogP contribution < -0.4 is 17.2 Å². The Hall–Kier alpha value is -2.66. The molecule has 7 N–H and O–H groups in total. The minimum atomic E-state index is 0.440. The lowest BCUT2D eigenvalue weighted by atomic mass is 10.1. The van der Waals surface area contributed by atoms with Crippen LogP contribution in [-0.2, 0) is 6.54 Å². The van der Waals surface area contributed by atoms with Crippen molar-refractivity contribution in [1.82, 2.24) is 9.78 Å². The number of anilines is 2. The first-order chi connectivity index (χ1) is 12.1. The number of para-hydroxylation sites is 1. The van der Waals surface area contributed by atoms with Crippen molar-refractivity contribution in [2.75, 3.05) is 11.5 Å². The van der Waals surface area contributed by atoms with Crippen molar-refractivity contribution in [3.05, 3.63) is 54.2 Å². The third kappa shape index (κ3) is 4.45. The standard InChI is InChI=1S/C15H17N5.C5H12/c16-9-14-15(12-3-1-2-4-13(12)18)20(19-14)11-7-5-10(17)6-8-11;1-3-5-4-2/h1-8,19H,9,16-18H2;3-5H2,1-2H3. The number of nitrogens with zero attached hydrogens (tertiary/aromatic N) is 1. The summed E-state index contributed by atoms with van der Waals surface area (Å²) in [7, 11) is 0. The number of hydrogen-bond donors (Lipinski definition) is 4. The maximum Gasteiger partial charge on any atom is 0.0944 e. The summed E-state index contributed by atoms with van der Waals surface area (Å²) in [4.78, 5) is 0. The minimum absolute atomic E-state index is 0.440. The average Bonchev–Trinajstić information content (AvgIpc) is 2.59. The molecular formula is C20H29N5. The molecule has 5 heteroatoms. The van der Waals surface area contributed by atoms with Crippen LogP contribution in [0.5, 0.6) is 0 Å². The predicted octanol–water partition coefficient (Wildman–Crippen LogP) is 4.29. The molecule has 0 amide bonds. The number of unbranched alkanes of at least 4 members (excludes halogenated alkanes) is 2. The molecule has 0 saturated carbocycles. The van der Waals surface area contributed by atoms with Crippen molar-refractivity contribution in [1.29, 1.82) is 0 Å². The van der Waals surface area contributed by atoms with Gasteiger partial charge in [0.2, 0.25) is 0 Å². The predicted molar refractivity (Wildman–Crippen MR) is 107 cm³/mol. The molecule has 3 rings (SSSR count). The number of benzene rings is 2. The number of nitrogen functional groups attached to an aromatic ring is 2. The van der Waals surface area contributed by atoms with E-state index in [2.05, 4.69) is 18.9 Å². The first-order valence-electron chi connectivity index (χ1n) is 8.82. The number of aromatic amines is 1. The minimum Gasteiger partial charge on any atom is -0.399 e. The zero-order valence-corrected chi connectivity index (χ0v) is 15.1. The van der Waals surface area contributed by atoms with E-state index in [1.807, 2.05) is 53.2 Å². The van der Waals surface area contributed by atoms with Gasteiger partial charge in [-0.15, -0.1) is 0 Å². The number of hydrogen-bond acceptors (Lipinski definition) is 3. The second-order valence-electron chi connectivity index (χ2n) is 6.01. The van der Waals surface area contributed by atoms with Gasteiger partial charge < -0.3 is 17.2 Å². The van der Waals surface area contributed by atoms with Crippen LogP contribution in [0.2, 0.25) is 0 Å². The van der Waals surface area contributed by atoms with Crippen molar-refractivity contribution in [2.24, 2.45) is 5.73 Å². The molecule has 0 spiro atoms. The Kier molecular flexibility index (Phi) is 6.71. The molecule has 2 aromatic carbocycles. The SMILES string of the molecule is CCCCC.NCc1[nH]n(-c2ccc(N)cc2)c1-c1ccccc1N. The molecule has 0 atom stereocenters. The zero-order valence-electron chi connectivity index (χ0n) is 15.1. The van der Waals surface area contributed by atoms with Crippen LogP contribution in [0.4, 0.5) is 11.4 Å². The van der Waals surface area contributed by atoms with E-state index in [1.165, 1.54) is 19.3 Å². The quantitative estimate of drug-likeness (QED) is 0.522. The molecule has 1 heterocycles. The summed E-state index contributed by atoms with van der Waals surface area (Å²) in [6.07, 6.45) is 4.08.